The van der Waals surface area contributed by atoms with Crippen molar-refractivity contribution in [2.24, 2.45) is 0 Å². The van der Waals surface area contributed by atoms with Crippen LogP contribution in [0.4, 0.5) is 0 Å². The summed E-state index contributed by atoms with van der Waals surface area (Å²) in [6.45, 7) is 0. The van der Waals surface area contributed by atoms with Gasteiger partial charge in [-0.15, -0.1) is 49.6 Å². The first-order valence-electron chi connectivity index (χ1n) is 0. The van der Waals surface area contributed by atoms with Gasteiger partial charge in [0.1, 0.15) is 0 Å². The molecule has 0 bridgehead atoms. The predicted molar refractivity (Wildman–Crippen MR) is 37.5 cm³/mol. The number of hydrogen-bond donors (Lipinski definition) is 0. The van der Waals surface area contributed by atoms with Gasteiger partial charge in [-0.3, -0.25) is 0 Å². The van der Waals surface area contributed by atoms with E-state index in [0.29, 0.717) is 0 Å². The Morgan fingerprint density at radius 2 is 0.400 bits per heavy atom. The van der Waals surface area contributed by atoms with Crippen LogP contribution in [0.1, 0.15) is 0 Å². The Bertz CT molecular complexity index is 3.61. The number of rotatable bonds is 0. The summed E-state index contributed by atoms with van der Waals surface area (Å²) >= 11 is 0. The van der Waals surface area contributed by atoms with Crippen molar-refractivity contribution in [2.45, 2.75) is 0 Å². The van der Waals surface area contributed by atoms with Gasteiger partial charge in [0, 0.05) is 0 Å². The maximum absolute atomic E-state index is 0. The maximum atomic E-state index is 0. The fourth-order valence-electron chi connectivity index (χ4n) is 0. The van der Waals surface area contributed by atoms with Gasteiger partial charge < -0.3 is 0 Å². The van der Waals surface area contributed by atoms with Crippen LogP contribution in [0.25, 0.3) is 0 Å². The first-order chi connectivity index (χ1) is 0. The van der Waals surface area contributed by atoms with E-state index in [2.05, 4.69) is 0 Å². The molecule has 0 aliphatic heterocycles. The van der Waals surface area contributed by atoms with Gasteiger partial charge in [0.2, 0.25) is 0 Å². The molecule has 0 heterocycles. The predicted octanol–water partition coefficient (Wildman–Crippen LogP) is 0.771. The van der Waals surface area contributed by atoms with E-state index in [4.69, 9.17) is 0 Å². The van der Waals surface area contributed by atoms with E-state index in [0.717, 1.165) is 0 Å². The summed E-state index contributed by atoms with van der Waals surface area (Å²) in [6, 6.07) is 0. The van der Waals surface area contributed by atoms with Gasteiger partial charge in [0.15, 0.2) is 0 Å². The van der Waals surface area contributed by atoms with Crippen LogP contribution in [0.5, 0.6) is 0 Å². The summed E-state index contributed by atoms with van der Waals surface area (Å²) in [5, 5.41) is 0. The van der Waals surface area contributed by atoms with E-state index in [1.54, 1.807) is 0 Å². The second kappa shape index (κ2) is 36.6. The van der Waals surface area contributed by atoms with Gasteiger partial charge in [-0.2, -0.15) is 0 Å². The summed E-state index contributed by atoms with van der Waals surface area (Å²) in [7, 11) is 0. The molecule has 0 nitrogen and oxygen atoms in total. The molecule has 0 aromatic rings. The van der Waals surface area contributed by atoms with Crippen LogP contribution < -0.4 is 0 Å². The molecule has 0 saturated heterocycles. The third-order valence-corrected chi connectivity index (χ3v) is 0. The number of halogens is 4. The van der Waals surface area contributed by atoms with E-state index in [9.17, 15) is 0 Å². The molecular weight excluding hydrogens is 351 g/mol. The standard InChI is InChI=1S/4ClH.Po.2H/h4*1H;;;. The Balaban J connectivity index is 0. The molecule has 0 aromatic heterocycles. The SMILES string of the molecule is Cl.Cl.Cl.Cl.[PoH2]. The van der Waals surface area contributed by atoms with Crippen molar-refractivity contribution in [2.75, 3.05) is 0 Å². The third-order valence-electron chi connectivity index (χ3n) is 0. The Morgan fingerprint density at radius 3 is 0.400 bits per heavy atom. The Morgan fingerprint density at radius 1 is 0.400 bits per heavy atom. The van der Waals surface area contributed by atoms with Crippen LogP contribution in [0.3, 0.4) is 0 Å². The number of hydrogen-bond acceptors (Lipinski definition) is 0. The molecule has 40 valence electrons. The molecule has 0 fully saturated rings. The van der Waals surface area contributed by atoms with Crippen LogP contribution in [0, 0.1) is 0 Å². The van der Waals surface area contributed by atoms with Crippen LogP contribution >= 0.6 is 49.6 Å². The summed E-state index contributed by atoms with van der Waals surface area (Å²) < 4.78 is 0. The first kappa shape index (κ1) is 61.2. The molecule has 0 aliphatic carbocycles. The molecular formula is H6Cl4Po. The van der Waals surface area contributed by atoms with Gasteiger partial charge in [-0.05, 0) is 0 Å². The average molecular weight is 357 g/mol. The molecule has 0 amide bonds. The van der Waals surface area contributed by atoms with Crippen molar-refractivity contribution in [3.8, 4) is 0 Å². The fourth-order valence-corrected chi connectivity index (χ4v) is 0. The molecule has 5 heteroatoms. The van der Waals surface area contributed by atoms with Crippen LogP contribution in [-0.2, 0) is 0 Å². The molecule has 0 aliphatic rings. The normalized spacial score (nSPS) is 0. The summed E-state index contributed by atoms with van der Waals surface area (Å²) in [5.41, 5.74) is 0. The molecule has 0 saturated carbocycles. The van der Waals surface area contributed by atoms with E-state index in [-0.39, 0.29) is 76.2 Å². The minimum atomic E-state index is 0. The van der Waals surface area contributed by atoms with Gasteiger partial charge in [-0.25, -0.2) is 0 Å². The van der Waals surface area contributed by atoms with E-state index in [1.165, 1.54) is 0 Å². The Kier molecular flexibility index (Phi) is 448. The van der Waals surface area contributed by atoms with Crippen LogP contribution in [0.15, 0.2) is 0 Å². The zero-order valence-corrected chi connectivity index (χ0v) is 9.29. The second-order valence-electron chi connectivity index (χ2n) is 0. The van der Waals surface area contributed by atoms with Gasteiger partial charge in [0.05, 0.1) is 0 Å². The van der Waals surface area contributed by atoms with Crippen molar-refractivity contribution < 1.29 is 0 Å². The molecule has 0 radical (unpaired) electrons. The molecule has 0 spiro atoms. The van der Waals surface area contributed by atoms with E-state index in [1.807, 2.05) is 0 Å². The molecule has 5 heavy (non-hydrogen) atoms. The summed E-state index contributed by atoms with van der Waals surface area (Å²) in [6.07, 6.45) is 0. The van der Waals surface area contributed by atoms with Crippen molar-refractivity contribution >= 4 is 76.2 Å². The topological polar surface area (TPSA) is 0 Å². The monoisotopic (exact) mass is 355 g/mol. The van der Waals surface area contributed by atoms with Gasteiger partial charge >= 0.3 is 26.6 Å². The van der Waals surface area contributed by atoms with Crippen molar-refractivity contribution in [1.82, 2.24) is 0 Å². The summed E-state index contributed by atoms with van der Waals surface area (Å²) in [5.74, 6) is 0. The minimum absolute atomic E-state index is 0. The first-order valence-corrected chi connectivity index (χ1v) is 0. The Hall–Kier alpha value is 2.06. The van der Waals surface area contributed by atoms with E-state index < -0.39 is 0 Å². The van der Waals surface area contributed by atoms with Crippen LogP contribution in [0.2, 0.25) is 0 Å². The second-order valence-corrected chi connectivity index (χ2v) is 0. The zero-order valence-electron chi connectivity index (χ0n) is 2.13. The van der Waals surface area contributed by atoms with Gasteiger partial charge in [-0.1, -0.05) is 0 Å². The fraction of sp³-hybridized carbons (Fsp3) is 0. The average Bonchev–Trinajstić information content (AvgIpc) is 0. The van der Waals surface area contributed by atoms with Crippen molar-refractivity contribution in [3.63, 3.8) is 0 Å². The van der Waals surface area contributed by atoms with E-state index >= 15 is 0 Å². The van der Waals surface area contributed by atoms with Crippen molar-refractivity contribution in [3.05, 3.63) is 0 Å². The van der Waals surface area contributed by atoms with Gasteiger partial charge in [0.25, 0.3) is 0 Å². The third kappa shape index (κ3) is 23.6. The van der Waals surface area contributed by atoms with Crippen molar-refractivity contribution in [1.29, 1.82) is 0 Å². The Labute approximate surface area is 75.6 Å². The zero-order chi connectivity index (χ0) is 0. The molecule has 0 unspecified atom stereocenters. The molecule has 0 aromatic carbocycles. The summed E-state index contributed by atoms with van der Waals surface area (Å²) in [4.78, 5) is 0. The molecule has 0 N–H and O–H groups in total. The molecule has 0 rings (SSSR count). The molecule has 0 atom stereocenters. The van der Waals surface area contributed by atoms with Crippen LogP contribution in [-0.4, -0.2) is 26.6 Å². The quantitative estimate of drug-likeness (QED) is 0.601.